The molecule has 0 amide bonds. The van der Waals surface area contributed by atoms with Gasteiger partial charge in [0.05, 0.1) is 5.41 Å². The van der Waals surface area contributed by atoms with Crippen molar-refractivity contribution in [3.63, 3.8) is 0 Å². The summed E-state index contributed by atoms with van der Waals surface area (Å²) in [5.41, 5.74) is 2.52. The van der Waals surface area contributed by atoms with Gasteiger partial charge in [-0.3, -0.25) is 4.79 Å². The van der Waals surface area contributed by atoms with Crippen molar-refractivity contribution < 1.29 is 9.90 Å². The molecule has 1 aromatic carbocycles. The van der Waals surface area contributed by atoms with Crippen molar-refractivity contribution in [1.29, 1.82) is 0 Å². The first-order chi connectivity index (χ1) is 7.08. The van der Waals surface area contributed by atoms with Gasteiger partial charge >= 0.3 is 5.97 Å². The van der Waals surface area contributed by atoms with E-state index in [1.54, 1.807) is 0 Å². The fraction of sp³-hybridized carbons (Fsp3) is 0.462. The molecule has 0 unspecified atom stereocenters. The van der Waals surface area contributed by atoms with Crippen LogP contribution < -0.4 is 0 Å². The first-order valence-corrected chi connectivity index (χ1v) is 5.38. The second-order valence-corrected chi connectivity index (χ2v) is 5.21. The topological polar surface area (TPSA) is 37.3 Å². The number of aliphatic carboxylic acids is 1. The minimum absolute atomic E-state index is 0.212. The van der Waals surface area contributed by atoms with Gasteiger partial charge < -0.3 is 5.11 Å². The molecule has 2 nitrogen and oxygen atoms in total. The Hall–Kier alpha value is -1.31. The monoisotopic (exact) mass is 202 g/mol. The van der Waals surface area contributed by atoms with Crippen LogP contribution in [-0.4, -0.2) is 11.1 Å². The van der Waals surface area contributed by atoms with Gasteiger partial charge in [0, 0.05) is 0 Å². The molecule has 3 saturated carbocycles. The maximum absolute atomic E-state index is 11.0. The summed E-state index contributed by atoms with van der Waals surface area (Å²) in [6, 6.07) is 8.36. The molecule has 15 heavy (non-hydrogen) atoms. The molecule has 0 radical (unpaired) electrons. The van der Waals surface area contributed by atoms with Gasteiger partial charge in [0.1, 0.15) is 0 Å². The van der Waals surface area contributed by atoms with Crippen molar-refractivity contribution in [3.05, 3.63) is 35.4 Å². The lowest BCUT2D eigenvalue weighted by Gasteiger charge is -2.68. The molecule has 4 rings (SSSR count). The molecule has 0 heterocycles. The molecule has 0 aliphatic heterocycles. The van der Waals surface area contributed by atoms with Crippen LogP contribution in [0.15, 0.2) is 24.3 Å². The molecule has 0 atom stereocenters. The van der Waals surface area contributed by atoms with E-state index in [1.807, 2.05) is 6.07 Å². The molecule has 78 valence electrons. The Bertz CT molecular complexity index is 428. The number of carboxylic acid groups (broad SMARTS) is 1. The molecule has 3 aliphatic rings. The third-order valence-corrected chi connectivity index (χ3v) is 4.20. The minimum atomic E-state index is -0.599. The predicted molar refractivity (Wildman–Crippen MR) is 56.8 cm³/mol. The number of hydrogen-bond acceptors (Lipinski definition) is 1. The summed E-state index contributed by atoms with van der Waals surface area (Å²) in [6.45, 7) is 2.11. The van der Waals surface area contributed by atoms with E-state index in [9.17, 15) is 4.79 Å². The third kappa shape index (κ3) is 0.921. The van der Waals surface area contributed by atoms with Gasteiger partial charge in [-0.25, -0.2) is 0 Å². The Morgan fingerprint density at radius 1 is 1.27 bits per heavy atom. The second-order valence-electron chi connectivity index (χ2n) is 5.21. The Kier molecular flexibility index (Phi) is 1.45. The number of carboxylic acids is 1. The van der Waals surface area contributed by atoms with Crippen LogP contribution in [0.3, 0.4) is 0 Å². The van der Waals surface area contributed by atoms with Crippen LogP contribution in [0, 0.1) is 12.3 Å². The lowest BCUT2D eigenvalue weighted by Crippen LogP contribution is -2.68. The van der Waals surface area contributed by atoms with E-state index in [0.29, 0.717) is 0 Å². The smallest absolute Gasteiger partial charge is 0.309 e. The van der Waals surface area contributed by atoms with Crippen LogP contribution in [0.2, 0.25) is 0 Å². The lowest BCUT2D eigenvalue weighted by molar-refractivity contribution is -0.194. The van der Waals surface area contributed by atoms with E-state index in [2.05, 4.69) is 25.1 Å². The third-order valence-electron chi connectivity index (χ3n) is 4.20. The number of carbonyl (C=O) groups is 1. The van der Waals surface area contributed by atoms with Crippen LogP contribution >= 0.6 is 0 Å². The molecular formula is C13H14O2. The lowest BCUT2D eigenvalue weighted by atomic mass is 9.33. The summed E-state index contributed by atoms with van der Waals surface area (Å²) in [5.74, 6) is -0.599. The van der Waals surface area contributed by atoms with Crippen molar-refractivity contribution in [1.82, 2.24) is 0 Å². The van der Waals surface area contributed by atoms with Crippen molar-refractivity contribution >= 4 is 5.97 Å². The van der Waals surface area contributed by atoms with Gasteiger partial charge in [-0.05, 0) is 42.7 Å². The number of benzene rings is 1. The second kappa shape index (κ2) is 2.43. The van der Waals surface area contributed by atoms with E-state index in [4.69, 9.17) is 5.11 Å². The summed E-state index contributed by atoms with van der Waals surface area (Å²) in [4.78, 5) is 11.0. The van der Waals surface area contributed by atoms with Gasteiger partial charge in [-0.15, -0.1) is 0 Å². The van der Waals surface area contributed by atoms with Gasteiger partial charge in [0.2, 0.25) is 0 Å². The summed E-state index contributed by atoms with van der Waals surface area (Å²) < 4.78 is 0. The highest BCUT2D eigenvalue weighted by Gasteiger charge is 2.72. The average Bonchev–Trinajstić information content (AvgIpc) is 2.02. The largest absolute Gasteiger partial charge is 0.481 e. The van der Waals surface area contributed by atoms with Crippen LogP contribution in [0.5, 0.6) is 0 Å². The highest BCUT2D eigenvalue weighted by atomic mass is 16.4. The highest BCUT2D eigenvalue weighted by Crippen LogP contribution is 2.73. The zero-order valence-electron chi connectivity index (χ0n) is 8.79. The van der Waals surface area contributed by atoms with Gasteiger partial charge in [-0.1, -0.05) is 24.3 Å². The van der Waals surface area contributed by atoms with Crippen LogP contribution in [0.4, 0.5) is 0 Å². The minimum Gasteiger partial charge on any atom is -0.481 e. The first-order valence-electron chi connectivity index (χ1n) is 5.38. The molecule has 3 aliphatic carbocycles. The van der Waals surface area contributed by atoms with Crippen molar-refractivity contribution in [2.24, 2.45) is 5.41 Å². The zero-order valence-corrected chi connectivity index (χ0v) is 8.79. The fourth-order valence-electron chi connectivity index (χ4n) is 3.47. The summed E-state index contributed by atoms with van der Waals surface area (Å²) in [7, 11) is 0. The normalized spacial score (nSPS) is 36.6. The number of aryl methyl sites for hydroxylation is 1. The standard InChI is InChI=1S/C13H14O2/c1-9-4-2-3-5-10(9)12-6-13(7-12,8-12)11(14)15/h2-5H,6-8H2,1H3,(H,14,15). The van der Waals surface area contributed by atoms with Gasteiger partial charge in [0.15, 0.2) is 0 Å². The van der Waals surface area contributed by atoms with E-state index in [-0.39, 0.29) is 10.8 Å². The van der Waals surface area contributed by atoms with Crippen molar-refractivity contribution in [3.8, 4) is 0 Å². The predicted octanol–water partition coefficient (Wildman–Crippen LogP) is 2.50. The van der Waals surface area contributed by atoms with E-state index in [1.165, 1.54) is 11.1 Å². The van der Waals surface area contributed by atoms with Crippen LogP contribution in [0.25, 0.3) is 0 Å². The molecule has 0 spiro atoms. The maximum atomic E-state index is 11.0. The molecule has 0 aromatic heterocycles. The maximum Gasteiger partial charge on any atom is 0.309 e. The first kappa shape index (κ1) is 8.96. The SMILES string of the molecule is Cc1ccccc1C12CC(C(=O)O)(C1)C2. The van der Waals surface area contributed by atoms with E-state index >= 15 is 0 Å². The van der Waals surface area contributed by atoms with Gasteiger partial charge in [0.25, 0.3) is 0 Å². The van der Waals surface area contributed by atoms with Gasteiger partial charge in [-0.2, -0.15) is 0 Å². The summed E-state index contributed by atoms with van der Waals surface area (Å²) in [5, 5.41) is 9.06. The molecule has 2 heteroatoms. The van der Waals surface area contributed by atoms with E-state index in [0.717, 1.165) is 19.3 Å². The van der Waals surface area contributed by atoms with Crippen LogP contribution in [-0.2, 0) is 10.2 Å². The summed E-state index contributed by atoms with van der Waals surface area (Å²) >= 11 is 0. The molecule has 2 bridgehead atoms. The van der Waals surface area contributed by atoms with Crippen molar-refractivity contribution in [2.75, 3.05) is 0 Å². The van der Waals surface area contributed by atoms with E-state index < -0.39 is 5.97 Å². The highest BCUT2D eigenvalue weighted by molar-refractivity contribution is 5.81. The molecule has 0 saturated heterocycles. The molecule has 1 N–H and O–H groups in total. The zero-order chi connectivity index (χ0) is 10.7. The Balaban J connectivity index is 1.90. The quantitative estimate of drug-likeness (QED) is 0.800. The number of hydrogen-bond donors (Lipinski definition) is 1. The van der Waals surface area contributed by atoms with Crippen LogP contribution in [0.1, 0.15) is 30.4 Å². The average molecular weight is 202 g/mol. The fourth-order valence-corrected chi connectivity index (χ4v) is 3.47. The Morgan fingerprint density at radius 3 is 2.40 bits per heavy atom. The molecular weight excluding hydrogens is 188 g/mol. The van der Waals surface area contributed by atoms with Crippen molar-refractivity contribution in [2.45, 2.75) is 31.6 Å². The molecule has 1 aromatic rings. The Morgan fingerprint density at radius 2 is 1.87 bits per heavy atom. The Labute approximate surface area is 88.9 Å². The number of rotatable bonds is 2. The molecule has 3 fully saturated rings. The summed E-state index contributed by atoms with van der Waals surface area (Å²) in [6.07, 6.45) is 2.54.